The summed E-state index contributed by atoms with van der Waals surface area (Å²) in [5.41, 5.74) is 6.20. The number of hydrogen-bond acceptors (Lipinski definition) is 0. The Kier molecular flexibility index (Phi) is 7.93. The zero-order chi connectivity index (χ0) is 16.3. The fourth-order valence-corrected chi connectivity index (χ4v) is 3.31. The van der Waals surface area contributed by atoms with Crippen molar-refractivity contribution >= 4 is 0 Å². The van der Waals surface area contributed by atoms with Crippen LogP contribution in [-0.2, 0) is 19.3 Å². The number of rotatable bonds is 10. The molecule has 2 aromatic carbocycles. The Bertz CT molecular complexity index is 525. The maximum atomic E-state index is 2.36. The average Bonchev–Trinajstić information content (AvgIpc) is 2.58. The van der Waals surface area contributed by atoms with Gasteiger partial charge in [-0.2, -0.15) is 0 Å². The number of hydrogen-bond donors (Lipinski definition) is 0. The molecule has 0 N–H and O–H groups in total. The summed E-state index contributed by atoms with van der Waals surface area (Å²) < 4.78 is 0. The van der Waals surface area contributed by atoms with Gasteiger partial charge in [0, 0.05) is 0 Å². The van der Waals surface area contributed by atoms with Gasteiger partial charge in [-0.3, -0.25) is 0 Å². The second-order valence-electron chi connectivity index (χ2n) is 6.63. The standard InChI is InChI=1S/C23H32/c1-3-5-8-15-21-17-12-18-22(16-9-6-4-2)23(21)19-20-13-10-7-11-14-20/h7,10-14,17-18H,3-6,8-9,15-16,19H2,1-2H3. The van der Waals surface area contributed by atoms with Crippen molar-refractivity contribution in [3.63, 3.8) is 0 Å². The van der Waals surface area contributed by atoms with Crippen molar-refractivity contribution in [2.24, 2.45) is 0 Å². The summed E-state index contributed by atoms with van der Waals surface area (Å²) in [6.45, 7) is 4.57. The molecule has 23 heavy (non-hydrogen) atoms. The fraction of sp³-hybridized carbons (Fsp3) is 0.478. The van der Waals surface area contributed by atoms with Gasteiger partial charge in [0.1, 0.15) is 0 Å². The third kappa shape index (κ3) is 5.86. The number of benzene rings is 2. The van der Waals surface area contributed by atoms with Crippen LogP contribution in [0.15, 0.2) is 48.5 Å². The Balaban J connectivity index is 2.20. The predicted octanol–water partition coefficient (Wildman–Crippen LogP) is 6.74. The van der Waals surface area contributed by atoms with Gasteiger partial charge in [0.05, 0.1) is 0 Å². The zero-order valence-corrected chi connectivity index (χ0v) is 15.0. The Hall–Kier alpha value is -1.56. The highest BCUT2D eigenvalue weighted by molar-refractivity contribution is 5.39. The molecule has 0 aliphatic heterocycles. The van der Waals surface area contributed by atoms with E-state index in [2.05, 4.69) is 62.4 Å². The molecule has 0 amide bonds. The molecule has 0 heteroatoms. The molecule has 0 bridgehead atoms. The summed E-state index contributed by atoms with van der Waals surface area (Å²) >= 11 is 0. The number of aryl methyl sites for hydroxylation is 2. The second-order valence-corrected chi connectivity index (χ2v) is 6.63. The van der Waals surface area contributed by atoms with Crippen molar-refractivity contribution in [1.82, 2.24) is 0 Å². The predicted molar refractivity (Wildman–Crippen MR) is 102 cm³/mol. The van der Waals surface area contributed by atoms with Crippen LogP contribution in [0.4, 0.5) is 0 Å². The van der Waals surface area contributed by atoms with Crippen molar-refractivity contribution in [3.8, 4) is 0 Å². The third-order valence-corrected chi connectivity index (χ3v) is 4.69. The van der Waals surface area contributed by atoms with Gasteiger partial charge in [-0.25, -0.2) is 0 Å². The molecule has 0 radical (unpaired) electrons. The van der Waals surface area contributed by atoms with Gasteiger partial charge in [-0.15, -0.1) is 0 Å². The van der Waals surface area contributed by atoms with Crippen molar-refractivity contribution in [2.75, 3.05) is 0 Å². The van der Waals surface area contributed by atoms with Crippen LogP contribution >= 0.6 is 0 Å². The van der Waals surface area contributed by atoms with E-state index in [1.165, 1.54) is 56.9 Å². The van der Waals surface area contributed by atoms with Gasteiger partial charge in [0.15, 0.2) is 0 Å². The maximum absolute atomic E-state index is 2.36. The minimum Gasteiger partial charge on any atom is -0.0654 e. The first-order chi connectivity index (χ1) is 11.3. The molecule has 0 aromatic heterocycles. The normalized spacial score (nSPS) is 10.9. The monoisotopic (exact) mass is 308 g/mol. The van der Waals surface area contributed by atoms with Crippen LogP contribution in [0.25, 0.3) is 0 Å². The highest BCUT2D eigenvalue weighted by atomic mass is 14.1. The van der Waals surface area contributed by atoms with Crippen LogP contribution in [-0.4, -0.2) is 0 Å². The Morgan fingerprint density at radius 2 is 1.17 bits per heavy atom. The van der Waals surface area contributed by atoms with Gasteiger partial charge < -0.3 is 0 Å². The van der Waals surface area contributed by atoms with Gasteiger partial charge in [0.25, 0.3) is 0 Å². The molecule has 0 aliphatic carbocycles. The fourth-order valence-electron chi connectivity index (χ4n) is 3.31. The van der Waals surface area contributed by atoms with Crippen molar-refractivity contribution in [2.45, 2.75) is 71.6 Å². The maximum Gasteiger partial charge on any atom is -0.00203 e. The van der Waals surface area contributed by atoms with Gasteiger partial charge in [-0.1, -0.05) is 88.1 Å². The van der Waals surface area contributed by atoms with E-state index < -0.39 is 0 Å². The van der Waals surface area contributed by atoms with Crippen LogP contribution in [0.2, 0.25) is 0 Å². The first-order valence-corrected chi connectivity index (χ1v) is 9.48. The molecule has 0 spiro atoms. The molecule has 0 unspecified atom stereocenters. The Morgan fingerprint density at radius 3 is 1.70 bits per heavy atom. The largest absolute Gasteiger partial charge is 0.0654 e. The van der Waals surface area contributed by atoms with Crippen LogP contribution in [0.1, 0.15) is 74.6 Å². The first-order valence-electron chi connectivity index (χ1n) is 9.48. The quantitative estimate of drug-likeness (QED) is 0.426. The summed E-state index contributed by atoms with van der Waals surface area (Å²) in [5, 5.41) is 0. The molecule has 0 fully saturated rings. The summed E-state index contributed by atoms with van der Waals surface area (Å²) in [6, 6.07) is 17.9. The molecule has 124 valence electrons. The van der Waals surface area contributed by atoms with E-state index in [4.69, 9.17) is 0 Å². The lowest BCUT2D eigenvalue weighted by Gasteiger charge is -2.15. The lowest BCUT2D eigenvalue weighted by atomic mass is 9.90. The Labute approximate surface area is 143 Å². The van der Waals surface area contributed by atoms with E-state index >= 15 is 0 Å². The SMILES string of the molecule is CCCCCc1cccc(CCCCC)c1Cc1ccccc1. The molecule has 0 aliphatic rings. The zero-order valence-electron chi connectivity index (χ0n) is 15.0. The van der Waals surface area contributed by atoms with Crippen LogP contribution in [0, 0.1) is 0 Å². The van der Waals surface area contributed by atoms with Crippen LogP contribution < -0.4 is 0 Å². The van der Waals surface area contributed by atoms with Crippen molar-refractivity contribution < 1.29 is 0 Å². The molecule has 0 saturated heterocycles. The van der Waals surface area contributed by atoms with E-state index in [-0.39, 0.29) is 0 Å². The Morgan fingerprint density at radius 1 is 0.609 bits per heavy atom. The highest BCUT2D eigenvalue weighted by Gasteiger charge is 2.09. The molecule has 0 atom stereocenters. The van der Waals surface area contributed by atoms with Crippen LogP contribution in [0.3, 0.4) is 0 Å². The summed E-state index contributed by atoms with van der Waals surface area (Å²) in [5.74, 6) is 0. The van der Waals surface area contributed by atoms with Crippen molar-refractivity contribution in [1.29, 1.82) is 0 Å². The molecule has 0 nitrogen and oxygen atoms in total. The molecular weight excluding hydrogens is 276 g/mol. The lowest BCUT2D eigenvalue weighted by Crippen LogP contribution is -2.02. The minimum atomic E-state index is 1.09. The molecule has 0 saturated carbocycles. The van der Waals surface area contributed by atoms with E-state index in [0.29, 0.717) is 0 Å². The summed E-state index contributed by atoms with van der Waals surface area (Å²) in [7, 11) is 0. The summed E-state index contributed by atoms with van der Waals surface area (Å²) in [4.78, 5) is 0. The van der Waals surface area contributed by atoms with E-state index in [0.717, 1.165) is 6.42 Å². The van der Waals surface area contributed by atoms with E-state index in [1.807, 2.05) is 0 Å². The van der Waals surface area contributed by atoms with E-state index in [1.54, 1.807) is 16.7 Å². The lowest BCUT2D eigenvalue weighted by molar-refractivity contribution is 0.702. The average molecular weight is 309 g/mol. The summed E-state index contributed by atoms with van der Waals surface area (Å²) in [6.07, 6.45) is 11.5. The topological polar surface area (TPSA) is 0 Å². The minimum absolute atomic E-state index is 1.09. The van der Waals surface area contributed by atoms with Crippen LogP contribution in [0.5, 0.6) is 0 Å². The third-order valence-electron chi connectivity index (χ3n) is 4.69. The first kappa shape index (κ1) is 17.8. The smallest absolute Gasteiger partial charge is 0.00203 e. The van der Waals surface area contributed by atoms with Crippen molar-refractivity contribution in [3.05, 3.63) is 70.8 Å². The highest BCUT2D eigenvalue weighted by Crippen LogP contribution is 2.23. The van der Waals surface area contributed by atoms with Gasteiger partial charge in [-0.05, 0) is 54.4 Å². The molecule has 0 heterocycles. The van der Waals surface area contributed by atoms with E-state index in [9.17, 15) is 0 Å². The molecule has 2 rings (SSSR count). The van der Waals surface area contributed by atoms with Gasteiger partial charge >= 0.3 is 0 Å². The second kappa shape index (κ2) is 10.3. The molecular formula is C23H32. The van der Waals surface area contributed by atoms with Gasteiger partial charge in [0.2, 0.25) is 0 Å². The number of unbranched alkanes of at least 4 members (excludes halogenated alkanes) is 4. The molecule has 2 aromatic rings.